The van der Waals surface area contributed by atoms with E-state index < -0.39 is 0 Å². The van der Waals surface area contributed by atoms with Crippen molar-refractivity contribution in [3.05, 3.63) is 45.4 Å². The van der Waals surface area contributed by atoms with Crippen molar-refractivity contribution < 1.29 is 4.79 Å². The third-order valence-corrected chi connectivity index (χ3v) is 6.60. The molecule has 1 aromatic carbocycles. The second-order valence-electron chi connectivity index (χ2n) is 6.32. The zero-order valence-corrected chi connectivity index (χ0v) is 15.1. The van der Waals surface area contributed by atoms with Crippen molar-refractivity contribution in [1.29, 1.82) is 0 Å². The first-order valence-electron chi connectivity index (χ1n) is 8.46. The number of thioether (sulfide) groups is 1. The molecular formula is C18H21N3OS2. The predicted octanol–water partition coefficient (Wildman–Crippen LogP) is 3.21. The first-order valence-corrected chi connectivity index (χ1v) is 10.4. The van der Waals surface area contributed by atoms with Crippen LogP contribution in [0.25, 0.3) is 0 Å². The molecule has 6 heteroatoms. The van der Waals surface area contributed by atoms with Gasteiger partial charge in [-0.3, -0.25) is 10.1 Å². The molecule has 1 aliphatic carbocycles. The van der Waals surface area contributed by atoms with Gasteiger partial charge in [-0.1, -0.05) is 12.1 Å². The third kappa shape index (κ3) is 3.66. The summed E-state index contributed by atoms with van der Waals surface area (Å²) in [7, 11) is 0. The van der Waals surface area contributed by atoms with Crippen LogP contribution in [0.5, 0.6) is 0 Å². The molecule has 126 valence electrons. The van der Waals surface area contributed by atoms with Crippen LogP contribution in [0.1, 0.15) is 34.0 Å². The molecule has 1 atom stereocenters. The van der Waals surface area contributed by atoms with Crippen LogP contribution in [0.15, 0.2) is 24.3 Å². The standard InChI is InChI=1S/C18H21N3OS2/c22-18(15-10-23-11-19-15)20-13-7-5-12(6-8-13)9-17-21-14-3-1-2-4-16(14)24-17/h5-8,15,19H,1-4,9-11H2,(H,20,22). The van der Waals surface area contributed by atoms with Gasteiger partial charge >= 0.3 is 0 Å². The average Bonchev–Trinajstić information content (AvgIpc) is 3.25. The second-order valence-corrected chi connectivity index (χ2v) is 8.52. The van der Waals surface area contributed by atoms with E-state index >= 15 is 0 Å². The summed E-state index contributed by atoms with van der Waals surface area (Å²) in [5.41, 5.74) is 3.43. The Morgan fingerprint density at radius 3 is 2.83 bits per heavy atom. The highest BCUT2D eigenvalue weighted by molar-refractivity contribution is 7.99. The average molecular weight is 360 g/mol. The summed E-state index contributed by atoms with van der Waals surface area (Å²) in [6.07, 6.45) is 5.80. The number of amides is 1. The zero-order chi connectivity index (χ0) is 16.4. The van der Waals surface area contributed by atoms with Gasteiger partial charge in [-0.15, -0.1) is 23.1 Å². The fourth-order valence-electron chi connectivity index (χ4n) is 3.15. The van der Waals surface area contributed by atoms with Crippen molar-refractivity contribution in [1.82, 2.24) is 10.3 Å². The number of nitrogens with one attached hydrogen (secondary N) is 2. The number of anilines is 1. The minimum Gasteiger partial charge on any atom is -0.325 e. The maximum absolute atomic E-state index is 12.1. The number of carbonyl (C=O) groups is 1. The van der Waals surface area contributed by atoms with Crippen molar-refractivity contribution in [2.45, 2.75) is 38.1 Å². The van der Waals surface area contributed by atoms with Crippen LogP contribution in [0.3, 0.4) is 0 Å². The monoisotopic (exact) mass is 359 g/mol. The molecule has 0 saturated carbocycles. The lowest BCUT2D eigenvalue weighted by Crippen LogP contribution is -2.37. The molecule has 1 fully saturated rings. The Morgan fingerprint density at radius 2 is 2.08 bits per heavy atom. The Kier molecular flexibility index (Phi) is 4.87. The van der Waals surface area contributed by atoms with E-state index in [1.807, 2.05) is 23.5 Å². The lowest BCUT2D eigenvalue weighted by molar-refractivity contribution is -0.117. The molecule has 1 saturated heterocycles. The van der Waals surface area contributed by atoms with E-state index in [1.54, 1.807) is 11.8 Å². The summed E-state index contributed by atoms with van der Waals surface area (Å²) < 4.78 is 0. The summed E-state index contributed by atoms with van der Waals surface area (Å²) in [5, 5.41) is 7.39. The number of benzene rings is 1. The molecule has 1 aromatic heterocycles. The third-order valence-electron chi connectivity index (χ3n) is 4.50. The quantitative estimate of drug-likeness (QED) is 0.880. The highest BCUT2D eigenvalue weighted by Gasteiger charge is 2.22. The lowest BCUT2D eigenvalue weighted by atomic mass is 10.0. The molecule has 0 radical (unpaired) electrons. The van der Waals surface area contributed by atoms with Crippen LogP contribution in [-0.2, 0) is 24.1 Å². The Bertz CT molecular complexity index is 697. The van der Waals surface area contributed by atoms with Gasteiger partial charge in [-0.05, 0) is 43.4 Å². The number of hydrogen-bond acceptors (Lipinski definition) is 5. The van der Waals surface area contributed by atoms with Crippen LogP contribution in [0, 0.1) is 0 Å². The fourth-order valence-corrected chi connectivity index (χ4v) is 5.29. The molecule has 1 amide bonds. The maximum atomic E-state index is 12.1. The van der Waals surface area contributed by atoms with Gasteiger partial charge in [0, 0.05) is 28.6 Å². The SMILES string of the molecule is O=C(Nc1ccc(Cc2nc3c(s2)CCCC3)cc1)C1CSCN1. The molecule has 4 nitrogen and oxygen atoms in total. The second kappa shape index (κ2) is 7.25. The Balaban J connectivity index is 1.38. The summed E-state index contributed by atoms with van der Waals surface area (Å²) in [6, 6.07) is 8.09. The highest BCUT2D eigenvalue weighted by Crippen LogP contribution is 2.28. The van der Waals surface area contributed by atoms with Crippen LogP contribution in [-0.4, -0.2) is 28.6 Å². The van der Waals surface area contributed by atoms with E-state index in [0.717, 1.165) is 30.2 Å². The minimum absolute atomic E-state index is 0.0559. The van der Waals surface area contributed by atoms with Crippen LogP contribution < -0.4 is 10.6 Å². The van der Waals surface area contributed by atoms with Crippen LogP contribution in [0.4, 0.5) is 5.69 Å². The van der Waals surface area contributed by atoms with Gasteiger partial charge in [0.15, 0.2) is 0 Å². The van der Waals surface area contributed by atoms with Gasteiger partial charge in [0.2, 0.25) is 5.91 Å². The van der Waals surface area contributed by atoms with Gasteiger partial charge in [0.25, 0.3) is 0 Å². The molecule has 24 heavy (non-hydrogen) atoms. The predicted molar refractivity (Wildman–Crippen MR) is 101 cm³/mol. The summed E-state index contributed by atoms with van der Waals surface area (Å²) in [6.45, 7) is 0. The fraction of sp³-hybridized carbons (Fsp3) is 0.444. The molecule has 2 aromatic rings. The molecule has 1 aliphatic heterocycles. The van der Waals surface area contributed by atoms with Crippen molar-refractivity contribution >= 4 is 34.7 Å². The number of thiazole rings is 1. The first-order chi connectivity index (χ1) is 11.8. The van der Waals surface area contributed by atoms with E-state index in [9.17, 15) is 4.79 Å². The van der Waals surface area contributed by atoms with E-state index in [2.05, 4.69) is 22.8 Å². The van der Waals surface area contributed by atoms with Crippen LogP contribution in [0.2, 0.25) is 0 Å². The summed E-state index contributed by atoms with van der Waals surface area (Å²) in [5.74, 6) is 1.76. The lowest BCUT2D eigenvalue weighted by Gasteiger charge is -2.10. The summed E-state index contributed by atoms with van der Waals surface area (Å²) in [4.78, 5) is 18.4. The topological polar surface area (TPSA) is 54.0 Å². The van der Waals surface area contributed by atoms with Gasteiger partial charge in [0.1, 0.15) is 0 Å². The van der Waals surface area contributed by atoms with Crippen molar-refractivity contribution in [2.75, 3.05) is 16.9 Å². The van der Waals surface area contributed by atoms with Gasteiger partial charge < -0.3 is 5.32 Å². The molecular weight excluding hydrogens is 338 g/mol. The number of hydrogen-bond donors (Lipinski definition) is 2. The molecule has 0 bridgehead atoms. The largest absolute Gasteiger partial charge is 0.325 e. The number of aromatic nitrogens is 1. The molecule has 2 heterocycles. The zero-order valence-electron chi connectivity index (χ0n) is 13.5. The van der Waals surface area contributed by atoms with E-state index in [0.29, 0.717) is 0 Å². The van der Waals surface area contributed by atoms with Crippen LogP contribution >= 0.6 is 23.1 Å². The number of fused-ring (bicyclic) bond motifs is 1. The molecule has 2 aliphatic rings. The molecule has 1 unspecified atom stereocenters. The molecule has 4 rings (SSSR count). The van der Waals surface area contributed by atoms with Crippen molar-refractivity contribution in [2.24, 2.45) is 0 Å². The number of carbonyl (C=O) groups excluding carboxylic acids is 1. The van der Waals surface area contributed by atoms with Crippen molar-refractivity contribution in [3.8, 4) is 0 Å². The smallest absolute Gasteiger partial charge is 0.242 e. The van der Waals surface area contributed by atoms with E-state index in [-0.39, 0.29) is 11.9 Å². The Labute approximate surface area is 150 Å². The highest BCUT2D eigenvalue weighted by atomic mass is 32.2. The minimum atomic E-state index is -0.0729. The van der Waals surface area contributed by atoms with E-state index in [4.69, 9.17) is 4.98 Å². The van der Waals surface area contributed by atoms with Gasteiger partial charge in [0.05, 0.1) is 16.7 Å². The Morgan fingerprint density at radius 1 is 1.25 bits per heavy atom. The number of aryl methyl sites for hydroxylation is 2. The van der Waals surface area contributed by atoms with Crippen molar-refractivity contribution in [3.63, 3.8) is 0 Å². The maximum Gasteiger partial charge on any atom is 0.242 e. The number of rotatable bonds is 4. The normalized spacial score (nSPS) is 19.9. The molecule has 2 N–H and O–H groups in total. The molecule has 0 spiro atoms. The van der Waals surface area contributed by atoms with E-state index in [1.165, 1.54) is 40.4 Å². The first kappa shape index (κ1) is 16.1. The number of nitrogens with zero attached hydrogens (tertiary/aromatic N) is 1. The summed E-state index contributed by atoms with van der Waals surface area (Å²) >= 11 is 3.63. The van der Waals surface area contributed by atoms with Gasteiger partial charge in [-0.25, -0.2) is 4.98 Å². The van der Waals surface area contributed by atoms with Gasteiger partial charge in [-0.2, -0.15) is 0 Å². The Hall–Kier alpha value is -1.37.